The van der Waals surface area contributed by atoms with E-state index < -0.39 is 0 Å². The molecule has 56 heavy (non-hydrogen) atoms. The first-order valence-electron chi connectivity index (χ1n) is 17.8. The summed E-state index contributed by atoms with van der Waals surface area (Å²) >= 11 is 0. The summed E-state index contributed by atoms with van der Waals surface area (Å²) in [5.74, 6) is 0.698. The van der Waals surface area contributed by atoms with Gasteiger partial charge in [0.15, 0.2) is 0 Å². The fraction of sp³-hybridized carbons (Fsp3) is 0.0435. The van der Waals surface area contributed by atoms with E-state index in [1.807, 2.05) is 127 Å². The fourth-order valence-corrected chi connectivity index (χ4v) is 6.34. The van der Waals surface area contributed by atoms with E-state index in [1.165, 1.54) is 0 Å². The van der Waals surface area contributed by atoms with Gasteiger partial charge in [0.2, 0.25) is 0 Å². The molecule has 0 atom stereocenters. The molecule has 0 saturated heterocycles. The Morgan fingerprint density at radius 1 is 0.518 bits per heavy atom. The highest BCUT2D eigenvalue weighted by Crippen LogP contribution is 2.34. The number of ether oxygens (including phenoxy) is 2. The lowest BCUT2D eigenvalue weighted by molar-refractivity contribution is 0.102. The number of hydrogen-bond acceptors (Lipinski definition) is 8. The number of fused-ring (bicyclic) bond motifs is 2. The molecular formula is C46H34N6O4. The summed E-state index contributed by atoms with van der Waals surface area (Å²) in [4.78, 5) is 38.1. The third-order valence-corrected chi connectivity index (χ3v) is 9.23. The molecule has 2 amide bonds. The van der Waals surface area contributed by atoms with Crippen LogP contribution in [0, 0.1) is 0 Å². The maximum Gasteiger partial charge on any atom is 0.256 e. The van der Waals surface area contributed by atoms with Crippen LogP contribution < -0.4 is 20.1 Å². The van der Waals surface area contributed by atoms with Crippen molar-refractivity contribution in [1.29, 1.82) is 0 Å². The van der Waals surface area contributed by atoms with Gasteiger partial charge in [-0.2, -0.15) is 5.11 Å². The Balaban J connectivity index is 1.16. The van der Waals surface area contributed by atoms with E-state index in [-0.39, 0.29) is 11.8 Å². The summed E-state index contributed by atoms with van der Waals surface area (Å²) in [7, 11) is 3.23. The third kappa shape index (κ3) is 7.53. The van der Waals surface area contributed by atoms with E-state index in [0.29, 0.717) is 72.8 Å². The normalized spacial score (nSPS) is 11.1. The molecule has 0 aliphatic carbocycles. The molecule has 0 unspecified atom stereocenters. The van der Waals surface area contributed by atoms with E-state index >= 15 is 0 Å². The number of carbonyl (C=O) groups excluding carboxylic acids is 2. The number of hydrogen-bond donors (Lipinski definition) is 2. The van der Waals surface area contributed by atoms with Gasteiger partial charge in [-0.05, 0) is 103 Å². The van der Waals surface area contributed by atoms with Crippen LogP contribution in [0.4, 0.5) is 22.7 Å². The topological polar surface area (TPSA) is 127 Å². The van der Waals surface area contributed by atoms with Crippen LogP contribution in [0.2, 0.25) is 0 Å². The number of amides is 2. The van der Waals surface area contributed by atoms with Gasteiger partial charge in [0.25, 0.3) is 11.8 Å². The SMILES string of the molecule is COc1ccc(-c2cc(C(=O)Nc3ccc(N=Nc4ccccc4)c(NC(=O)c4cc(-c5ccc(OC)cc5)nc5ccccc45)c3)c3ccccc3n2)cc1. The lowest BCUT2D eigenvalue weighted by Crippen LogP contribution is -2.15. The first-order chi connectivity index (χ1) is 27.4. The molecule has 8 aromatic rings. The summed E-state index contributed by atoms with van der Waals surface area (Å²) in [5.41, 5.74) is 6.93. The van der Waals surface area contributed by atoms with Crippen molar-refractivity contribution in [3.05, 3.63) is 169 Å². The number of nitrogens with zero attached hydrogens (tertiary/aromatic N) is 4. The quantitative estimate of drug-likeness (QED) is 0.135. The number of benzene rings is 6. The van der Waals surface area contributed by atoms with Gasteiger partial charge < -0.3 is 20.1 Å². The molecule has 0 spiro atoms. The second-order valence-corrected chi connectivity index (χ2v) is 12.8. The number of aromatic nitrogens is 2. The zero-order chi connectivity index (χ0) is 38.4. The third-order valence-electron chi connectivity index (χ3n) is 9.23. The molecule has 10 nitrogen and oxygen atoms in total. The molecule has 0 bridgehead atoms. The Bertz CT molecular complexity index is 2750. The maximum absolute atomic E-state index is 14.3. The van der Waals surface area contributed by atoms with Crippen LogP contribution in [-0.4, -0.2) is 36.0 Å². The maximum atomic E-state index is 14.3. The standard InChI is InChI=1S/C46H34N6O4/c1-55-33-21-16-29(17-22-33)42-27-37(35-12-6-8-14-39(35)48-42)45(53)47-32-20-25-41(52-51-31-10-4-3-5-11-31)44(26-32)50-46(54)38-28-43(30-18-23-34(56-2)24-19-30)49-40-15-9-7-13-36(38)40/h3-28H,1-2H3,(H,47,53)(H,50,54). The monoisotopic (exact) mass is 734 g/mol. The van der Waals surface area contributed by atoms with E-state index in [0.717, 1.165) is 16.9 Å². The van der Waals surface area contributed by atoms with E-state index in [2.05, 4.69) is 20.9 Å². The van der Waals surface area contributed by atoms with Crippen LogP contribution in [0.5, 0.6) is 11.5 Å². The van der Waals surface area contributed by atoms with Gasteiger partial charge in [-0.15, -0.1) is 5.11 Å². The number of rotatable bonds is 10. The predicted molar refractivity (Wildman–Crippen MR) is 220 cm³/mol. The molecule has 0 radical (unpaired) electrons. The van der Waals surface area contributed by atoms with Gasteiger partial charge in [-0.3, -0.25) is 9.59 Å². The summed E-state index contributed by atoms with van der Waals surface area (Å²) in [6.45, 7) is 0. The van der Waals surface area contributed by atoms with E-state index in [9.17, 15) is 9.59 Å². The largest absolute Gasteiger partial charge is 0.497 e. The molecule has 8 rings (SSSR count). The Morgan fingerprint density at radius 3 is 1.55 bits per heavy atom. The van der Waals surface area contributed by atoms with E-state index in [4.69, 9.17) is 19.4 Å². The molecule has 0 fully saturated rings. The van der Waals surface area contributed by atoms with Gasteiger partial charge in [0, 0.05) is 27.6 Å². The van der Waals surface area contributed by atoms with Crippen molar-refractivity contribution >= 4 is 56.4 Å². The number of anilines is 2. The first-order valence-corrected chi connectivity index (χ1v) is 17.8. The van der Waals surface area contributed by atoms with Gasteiger partial charge in [0.05, 0.1) is 59.1 Å². The first kappa shape index (κ1) is 35.3. The predicted octanol–water partition coefficient (Wildman–Crippen LogP) is 11.1. The summed E-state index contributed by atoms with van der Waals surface area (Å²) < 4.78 is 10.7. The lowest BCUT2D eigenvalue weighted by atomic mass is 10.0. The van der Waals surface area contributed by atoms with Crippen molar-refractivity contribution < 1.29 is 19.1 Å². The molecule has 2 aromatic heterocycles. The minimum atomic E-state index is -0.387. The molecule has 10 heteroatoms. The van der Waals surface area contributed by atoms with Crippen molar-refractivity contribution in [3.8, 4) is 34.0 Å². The average molecular weight is 735 g/mol. The van der Waals surface area contributed by atoms with Crippen LogP contribution in [-0.2, 0) is 0 Å². The second-order valence-electron chi connectivity index (χ2n) is 12.8. The number of para-hydroxylation sites is 2. The highest BCUT2D eigenvalue weighted by Gasteiger charge is 2.19. The molecule has 272 valence electrons. The van der Waals surface area contributed by atoms with Gasteiger partial charge in [-0.1, -0.05) is 54.6 Å². The average Bonchev–Trinajstić information content (AvgIpc) is 3.25. The summed E-state index contributed by atoms with van der Waals surface area (Å²) in [5, 5.41) is 16.4. The van der Waals surface area contributed by atoms with Crippen LogP contribution in [0.25, 0.3) is 44.3 Å². The molecule has 2 N–H and O–H groups in total. The molecule has 0 saturated carbocycles. The highest BCUT2D eigenvalue weighted by atomic mass is 16.5. The zero-order valence-electron chi connectivity index (χ0n) is 30.4. The number of carbonyl (C=O) groups is 2. The number of methoxy groups -OCH3 is 2. The fourth-order valence-electron chi connectivity index (χ4n) is 6.34. The Labute approximate surface area is 322 Å². The van der Waals surface area contributed by atoms with Gasteiger partial charge in [0.1, 0.15) is 17.2 Å². The number of azo groups is 1. The van der Waals surface area contributed by atoms with Crippen molar-refractivity contribution in [2.75, 3.05) is 24.9 Å². The van der Waals surface area contributed by atoms with Crippen LogP contribution in [0.15, 0.2) is 168 Å². The van der Waals surface area contributed by atoms with Crippen LogP contribution >= 0.6 is 0 Å². The van der Waals surface area contributed by atoms with Crippen molar-refractivity contribution in [2.45, 2.75) is 0 Å². The Morgan fingerprint density at radius 2 is 1.02 bits per heavy atom. The zero-order valence-corrected chi connectivity index (χ0v) is 30.4. The Hall–Kier alpha value is -7.72. The van der Waals surface area contributed by atoms with Crippen LogP contribution in [0.1, 0.15) is 20.7 Å². The lowest BCUT2D eigenvalue weighted by Gasteiger charge is -2.14. The minimum absolute atomic E-state index is 0.345. The van der Waals surface area contributed by atoms with Gasteiger partial charge >= 0.3 is 0 Å². The smallest absolute Gasteiger partial charge is 0.256 e. The van der Waals surface area contributed by atoms with Crippen molar-refractivity contribution in [3.63, 3.8) is 0 Å². The number of nitrogens with one attached hydrogen (secondary N) is 2. The summed E-state index contributed by atoms with van der Waals surface area (Å²) in [6.07, 6.45) is 0. The summed E-state index contributed by atoms with van der Waals surface area (Å²) in [6, 6.07) is 48.0. The minimum Gasteiger partial charge on any atom is -0.497 e. The van der Waals surface area contributed by atoms with Crippen LogP contribution in [0.3, 0.4) is 0 Å². The van der Waals surface area contributed by atoms with Crippen molar-refractivity contribution in [2.24, 2.45) is 10.2 Å². The van der Waals surface area contributed by atoms with Gasteiger partial charge in [-0.25, -0.2) is 9.97 Å². The molecule has 0 aliphatic rings. The molecule has 0 aliphatic heterocycles. The highest BCUT2D eigenvalue weighted by molar-refractivity contribution is 6.15. The van der Waals surface area contributed by atoms with E-state index in [1.54, 1.807) is 44.6 Å². The Kier molecular flexibility index (Phi) is 9.91. The van der Waals surface area contributed by atoms with Crippen molar-refractivity contribution in [1.82, 2.24) is 9.97 Å². The molecular weight excluding hydrogens is 701 g/mol. The molecule has 6 aromatic carbocycles. The molecule has 2 heterocycles. The number of pyridine rings is 2. The second kappa shape index (κ2) is 15.7.